The smallest absolute Gasteiger partial charge is 0.349 e. The molecule has 1 aromatic rings. The molecule has 0 atom stereocenters. The minimum Gasteiger partial charge on any atom is -0.473 e. The van der Waals surface area contributed by atoms with Crippen LogP contribution in [0.1, 0.15) is 25.7 Å². The molecule has 1 aromatic heterocycles. The zero-order valence-corrected chi connectivity index (χ0v) is 9.33. The van der Waals surface area contributed by atoms with E-state index in [-0.39, 0.29) is 17.5 Å². The Balaban J connectivity index is 1.97. The highest BCUT2D eigenvalue weighted by molar-refractivity contribution is 5.41. The van der Waals surface area contributed by atoms with Gasteiger partial charge in [-0.25, -0.2) is 4.98 Å². The van der Waals surface area contributed by atoms with Gasteiger partial charge in [-0.1, -0.05) is 19.3 Å². The van der Waals surface area contributed by atoms with Gasteiger partial charge in [0.1, 0.15) is 6.20 Å². The van der Waals surface area contributed by atoms with Crippen LogP contribution in [0.3, 0.4) is 0 Å². The molecule has 0 bridgehead atoms. The molecule has 7 nitrogen and oxygen atoms in total. The Bertz CT molecular complexity index is 420. The molecule has 0 radical (unpaired) electrons. The maximum absolute atomic E-state index is 10.7. The van der Waals surface area contributed by atoms with E-state index in [1.165, 1.54) is 19.3 Å². The summed E-state index contributed by atoms with van der Waals surface area (Å²) in [7, 11) is 0. The van der Waals surface area contributed by atoms with Gasteiger partial charge in [0.05, 0.1) is 11.5 Å². The minimum absolute atomic E-state index is 0.0192. The Morgan fingerprint density at radius 3 is 2.94 bits per heavy atom. The van der Waals surface area contributed by atoms with Gasteiger partial charge in [-0.2, -0.15) is 4.98 Å². The fraction of sp³-hybridized carbons (Fsp3) is 0.600. The quantitative estimate of drug-likeness (QED) is 0.616. The molecule has 0 aromatic carbocycles. The maximum Gasteiger partial charge on any atom is 0.349 e. The predicted molar refractivity (Wildman–Crippen MR) is 60.6 cm³/mol. The van der Waals surface area contributed by atoms with Crippen molar-refractivity contribution in [2.24, 2.45) is 5.92 Å². The number of hydrogen-bond acceptors (Lipinski definition) is 6. The molecule has 1 fully saturated rings. The van der Waals surface area contributed by atoms with Gasteiger partial charge in [-0.15, -0.1) is 0 Å². The molecule has 1 aliphatic carbocycles. The van der Waals surface area contributed by atoms with E-state index in [9.17, 15) is 10.1 Å². The number of aromatic nitrogens is 2. The van der Waals surface area contributed by atoms with Crippen molar-refractivity contribution in [1.82, 2.24) is 9.97 Å². The number of hydrogen-bond donors (Lipinski definition) is 1. The molecule has 1 saturated carbocycles. The van der Waals surface area contributed by atoms with E-state index < -0.39 is 4.92 Å². The molecule has 1 heterocycles. The van der Waals surface area contributed by atoms with E-state index in [0.717, 1.165) is 12.6 Å². The van der Waals surface area contributed by atoms with E-state index in [0.29, 0.717) is 12.5 Å². The van der Waals surface area contributed by atoms with Gasteiger partial charge >= 0.3 is 5.69 Å². The second-order valence-electron chi connectivity index (χ2n) is 4.11. The third kappa shape index (κ3) is 2.80. The van der Waals surface area contributed by atoms with Crippen molar-refractivity contribution in [1.29, 1.82) is 0 Å². The van der Waals surface area contributed by atoms with Gasteiger partial charge in [0.25, 0.3) is 5.88 Å². The summed E-state index contributed by atoms with van der Waals surface area (Å²) in [5, 5.41) is 10.7. The first kappa shape index (κ1) is 11.6. The van der Waals surface area contributed by atoms with Gasteiger partial charge in [0.15, 0.2) is 0 Å². The van der Waals surface area contributed by atoms with Crippen LogP contribution in [0, 0.1) is 16.0 Å². The number of nitro groups is 1. The van der Waals surface area contributed by atoms with Crippen LogP contribution in [0.15, 0.2) is 6.20 Å². The molecule has 0 saturated heterocycles. The van der Waals surface area contributed by atoms with Crippen molar-refractivity contribution in [3.63, 3.8) is 0 Å². The maximum atomic E-state index is 10.7. The molecule has 2 rings (SSSR count). The van der Waals surface area contributed by atoms with E-state index in [1.807, 2.05) is 0 Å². The molecule has 92 valence electrons. The van der Waals surface area contributed by atoms with Crippen molar-refractivity contribution >= 4 is 11.6 Å². The third-order valence-corrected chi connectivity index (χ3v) is 2.94. The van der Waals surface area contributed by atoms with E-state index in [4.69, 9.17) is 10.5 Å². The zero-order valence-electron chi connectivity index (χ0n) is 9.33. The highest BCUT2D eigenvalue weighted by atomic mass is 16.6. The lowest BCUT2D eigenvalue weighted by Crippen LogP contribution is -2.15. The standard InChI is InChI=1S/C10H14N4O3/c11-10-12-6-8(14(15)16)9(13-10)17-5-4-7-2-1-3-7/h6-7H,1-5H2,(H2,11,12,13). The summed E-state index contributed by atoms with van der Waals surface area (Å²) in [6.45, 7) is 0.433. The molecule has 2 N–H and O–H groups in total. The highest BCUT2D eigenvalue weighted by Gasteiger charge is 2.20. The molecule has 0 unspecified atom stereocenters. The number of rotatable bonds is 5. The second-order valence-corrected chi connectivity index (χ2v) is 4.11. The molecule has 1 aliphatic rings. The molecular formula is C10H14N4O3. The van der Waals surface area contributed by atoms with Gasteiger partial charge in [0, 0.05) is 0 Å². The fourth-order valence-corrected chi connectivity index (χ4v) is 1.71. The monoisotopic (exact) mass is 238 g/mol. The summed E-state index contributed by atoms with van der Waals surface area (Å²) in [4.78, 5) is 17.4. The van der Waals surface area contributed by atoms with Crippen molar-refractivity contribution < 1.29 is 9.66 Å². The lowest BCUT2D eigenvalue weighted by Gasteiger charge is -2.24. The van der Waals surface area contributed by atoms with Crippen LogP contribution in [-0.4, -0.2) is 21.5 Å². The molecular weight excluding hydrogens is 224 g/mol. The molecule has 7 heteroatoms. The summed E-state index contributed by atoms with van der Waals surface area (Å²) in [6.07, 6.45) is 5.68. The van der Waals surface area contributed by atoms with Gasteiger partial charge < -0.3 is 10.5 Å². The van der Waals surface area contributed by atoms with Crippen LogP contribution in [-0.2, 0) is 0 Å². The average Bonchev–Trinajstić information content (AvgIpc) is 2.21. The van der Waals surface area contributed by atoms with E-state index in [2.05, 4.69) is 9.97 Å². The van der Waals surface area contributed by atoms with Crippen LogP contribution in [0.2, 0.25) is 0 Å². The Kier molecular flexibility index (Phi) is 3.36. The van der Waals surface area contributed by atoms with Crippen LogP contribution < -0.4 is 10.5 Å². The fourth-order valence-electron chi connectivity index (χ4n) is 1.71. The summed E-state index contributed by atoms with van der Waals surface area (Å²) >= 11 is 0. The Hall–Kier alpha value is -1.92. The molecule has 0 aliphatic heterocycles. The van der Waals surface area contributed by atoms with Crippen LogP contribution >= 0.6 is 0 Å². The Morgan fingerprint density at radius 2 is 2.35 bits per heavy atom. The van der Waals surface area contributed by atoms with E-state index in [1.54, 1.807) is 0 Å². The topological polar surface area (TPSA) is 104 Å². The summed E-state index contributed by atoms with van der Waals surface area (Å²) < 4.78 is 5.31. The van der Waals surface area contributed by atoms with Crippen molar-refractivity contribution in [2.75, 3.05) is 12.3 Å². The molecule has 17 heavy (non-hydrogen) atoms. The normalized spacial score (nSPS) is 15.3. The lowest BCUT2D eigenvalue weighted by molar-refractivity contribution is -0.386. The van der Waals surface area contributed by atoms with E-state index >= 15 is 0 Å². The van der Waals surface area contributed by atoms with Gasteiger partial charge in [-0.3, -0.25) is 10.1 Å². The Morgan fingerprint density at radius 1 is 1.59 bits per heavy atom. The van der Waals surface area contributed by atoms with Crippen LogP contribution in [0.25, 0.3) is 0 Å². The predicted octanol–water partition coefficient (Wildman–Crippen LogP) is 1.54. The number of nitrogens with two attached hydrogens (primary N) is 1. The molecule has 0 amide bonds. The van der Waals surface area contributed by atoms with Crippen molar-refractivity contribution in [3.05, 3.63) is 16.3 Å². The highest BCUT2D eigenvalue weighted by Crippen LogP contribution is 2.30. The minimum atomic E-state index is -0.571. The first-order valence-electron chi connectivity index (χ1n) is 5.56. The number of nitrogen functional groups attached to an aromatic ring is 1. The number of ether oxygens (including phenoxy) is 1. The van der Waals surface area contributed by atoms with Crippen molar-refractivity contribution in [3.8, 4) is 5.88 Å². The summed E-state index contributed by atoms with van der Waals surface area (Å²) in [6, 6.07) is 0. The Labute approximate surface area is 98.2 Å². The number of nitrogens with zero attached hydrogens (tertiary/aromatic N) is 3. The SMILES string of the molecule is Nc1ncc([N+](=O)[O-])c(OCCC2CCC2)n1. The van der Waals surface area contributed by atoms with Crippen molar-refractivity contribution in [2.45, 2.75) is 25.7 Å². The zero-order chi connectivity index (χ0) is 12.3. The lowest BCUT2D eigenvalue weighted by atomic mass is 9.83. The second kappa shape index (κ2) is 4.94. The van der Waals surface area contributed by atoms with Crippen LogP contribution in [0.5, 0.6) is 5.88 Å². The van der Waals surface area contributed by atoms with Gasteiger partial charge in [0.2, 0.25) is 5.95 Å². The first-order valence-corrected chi connectivity index (χ1v) is 5.56. The molecule has 0 spiro atoms. The summed E-state index contributed by atoms with van der Waals surface area (Å²) in [5.74, 6) is 0.629. The largest absolute Gasteiger partial charge is 0.473 e. The number of anilines is 1. The first-order chi connectivity index (χ1) is 8.16. The summed E-state index contributed by atoms with van der Waals surface area (Å²) in [5.41, 5.74) is 5.13. The van der Waals surface area contributed by atoms with Gasteiger partial charge in [-0.05, 0) is 12.3 Å². The third-order valence-electron chi connectivity index (χ3n) is 2.94. The van der Waals surface area contributed by atoms with Crippen LogP contribution in [0.4, 0.5) is 11.6 Å². The average molecular weight is 238 g/mol.